The molecule has 100 valence electrons. The zero-order valence-electron chi connectivity index (χ0n) is 9.33. The maximum Gasteiger partial charge on any atom is 0.324 e. The Kier molecular flexibility index (Phi) is 9.89. The van der Waals surface area contributed by atoms with Crippen molar-refractivity contribution in [3.05, 3.63) is 0 Å². The van der Waals surface area contributed by atoms with Crippen LogP contribution in [0.5, 0.6) is 0 Å². The average Bonchev–Trinajstić information content (AvgIpc) is 2.25. The number of carboxylic acid groups (broad SMARTS) is 2. The molecule has 2 atom stereocenters. The lowest BCUT2D eigenvalue weighted by Crippen LogP contribution is -2.36. The Labute approximate surface area is 97.5 Å². The standard InChI is InChI=1S/C5H10N2O4.C3H7NO2/c6-1-4(8)11-2-3(7)5(9)10;1-2(4)3(5)6/h3H,1-2,6-7H2,(H,9,10);2H,4H2,1H3,(H,5,6)/t3-;2-/m00/s1. The molecule has 0 radical (unpaired) electrons. The molecule has 0 aliphatic heterocycles. The number of carboxylic acids is 2. The molecule has 0 aliphatic rings. The van der Waals surface area contributed by atoms with Gasteiger partial charge in [-0.1, -0.05) is 0 Å². The van der Waals surface area contributed by atoms with Gasteiger partial charge in [-0.05, 0) is 6.92 Å². The predicted octanol–water partition coefficient (Wildman–Crippen LogP) is -2.68. The van der Waals surface area contributed by atoms with Crippen LogP contribution in [0.2, 0.25) is 0 Å². The molecule has 9 heteroatoms. The van der Waals surface area contributed by atoms with Gasteiger partial charge in [0.05, 0.1) is 6.54 Å². The number of ether oxygens (including phenoxy) is 1. The van der Waals surface area contributed by atoms with E-state index in [-0.39, 0.29) is 13.2 Å². The van der Waals surface area contributed by atoms with Crippen molar-refractivity contribution in [3.8, 4) is 0 Å². The van der Waals surface area contributed by atoms with E-state index in [1.165, 1.54) is 6.92 Å². The Bertz CT molecular complexity index is 268. The third kappa shape index (κ3) is 12.2. The molecule has 0 aromatic rings. The van der Waals surface area contributed by atoms with Crippen LogP contribution in [0.4, 0.5) is 0 Å². The molecule has 0 amide bonds. The van der Waals surface area contributed by atoms with E-state index in [0.29, 0.717) is 0 Å². The lowest BCUT2D eigenvalue weighted by Gasteiger charge is -2.05. The quantitative estimate of drug-likeness (QED) is 0.325. The minimum absolute atomic E-state index is 0.271. The van der Waals surface area contributed by atoms with Crippen molar-refractivity contribution in [2.45, 2.75) is 19.0 Å². The highest BCUT2D eigenvalue weighted by Crippen LogP contribution is 1.82. The van der Waals surface area contributed by atoms with Crippen molar-refractivity contribution in [3.63, 3.8) is 0 Å². The van der Waals surface area contributed by atoms with E-state index < -0.39 is 30.0 Å². The number of carbonyl (C=O) groups excluding carboxylic acids is 1. The summed E-state index contributed by atoms with van der Waals surface area (Å²) in [5.41, 5.74) is 14.7. The molecule has 0 rings (SSSR count). The molecule has 0 saturated carbocycles. The third-order valence-corrected chi connectivity index (χ3v) is 1.30. The summed E-state index contributed by atoms with van der Waals surface area (Å²) in [7, 11) is 0. The Morgan fingerprint density at radius 1 is 1.18 bits per heavy atom. The van der Waals surface area contributed by atoms with Crippen LogP contribution in [-0.2, 0) is 19.1 Å². The van der Waals surface area contributed by atoms with Gasteiger partial charge >= 0.3 is 17.9 Å². The predicted molar refractivity (Wildman–Crippen MR) is 56.9 cm³/mol. The Hall–Kier alpha value is -1.71. The molecular formula is C8H17N3O6. The summed E-state index contributed by atoms with van der Waals surface area (Å²) >= 11 is 0. The van der Waals surface area contributed by atoms with Gasteiger partial charge in [0.1, 0.15) is 18.7 Å². The van der Waals surface area contributed by atoms with Crippen LogP contribution in [0, 0.1) is 0 Å². The van der Waals surface area contributed by atoms with E-state index in [1.807, 2.05) is 0 Å². The van der Waals surface area contributed by atoms with Crippen LogP contribution in [0.1, 0.15) is 6.92 Å². The van der Waals surface area contributed by atoms with Crippen LogP contribution in [0.25, 0.3) is 0 Å². The number of aliphatic carboxylic acids is 2. The van der Waals surface area contributed by atoms with E-state index in [4.69, 9.17) is 27.4 Å². The first kappa shape index (κ1) is 17.7. The van der Waals surface area contributed by atoms with E-state index >= 15 is 0 Å². The van der Waals surface area contributed by atoms with Crippen LogP contribution in [-0.4, -0.2) is 53.4 Å². The molecule has 0 aliphatic carbocycles. The normalized spacial score (nSPS) is 12.7. The largest absolute Gasteiger partial charge is 0.480 e. The maximum atomic E-state index is 10.3. The number of hydrogen-bond acceptors (Lipinski definition) is 7. The molecule has 8 N–H and O–H groups in total. The highest BCUT2D eigenvalue weighted by molar-refractivity contribution is 5.75. The molecule has 0 spiro atoms. The first-order chi connectivity index (χ1) is 7.72. The van der Waals surface area contributed by atoms with Gasteiger partial charge in [-0.3, -0.25) is 14.4 Å². The van der Waals surface area contributed by atoms with E-state index in [2.05, 4.69) is 4.74 Å². The van der Waals surface area contributed by atoms with Gasteiger partial charge in [-0.25, -0.2) is 0 Å². The molecule has 0 unspecified atom stereocenters. The summed E-state index contributed by atoms with van der Waals surface area (Å²) in [4.78, 5) is 30.0. The Morgan fingerprint density at radius 2 is 1.59 bits per heavy atom. The fourth-order valence-corrected chi connectivity index (χ4v) is 0.313. The minimum atomic E-state index is -1.21. The number of esters is 1. The fraction of sp³-hybridized carbons (Fsp3) is 0.625. The molecule has 0 bridgehead atoms. The molecule has 0 aromatic heterocycles. The smallest absolute Gasteiger partial charge is 0.324 e. The Balaban J connectivity index is 0. The molecule has 0 aromatic carbocycles. The molecule has 9 nitrogen and oxygen atoms in total. The van der Waals surface area contributed by atoms with Crippen LogP contribution in [0.3, 0.4) is 0 Å². The molecule has 0 heterocycles. The average molecular weight is 251 g/mol. The van der Waals surface area contributed by atoms with Gasteiger partial charge in [0.25, 0.3) is 0 Å². The van der Waals surface area contributed by atoms with Gasteiger partial charge < -0.3 is 32.2 Å². The van der Waals surface area contributed by atoms with Crippen molar-refractivity contribution in [2.24, 2.45) is 17.2 Å². The molecular weight excluding hydrogens is 234 g/mol. The second-order valence-electron chi connectivity index (χ2n) is 2.96. The minimum Gasteiger partial charge on any atom is -0.480 e. The Morgan fingerprint density at radius 3 is 1.82 bits per heavy atom. The van der Waals surface area contributed by atoms with Crippen LogP contribution < -0.4 is 17.2 Å². The lowest BCUT2D eigenvalue weighted by molar-refractivity contribution is -0.146. The van der Waals surface area contributed by atoms with E-state index in [1.54, 1.807) is 0 Å². The zero-order chi connectivity index (χ0) is 14.0. The number of hydrogen-bond donors (Lipinski definition) is 5. The highest BCUT2D eigenvalue weighted by Gasteiger charge is 2.12. The van der Waals surface area contributed by atoms with E-state index in [0.717, 1.165) is 0 Å². The summed E-state index contributed by atoms with van der Waals surface area (Å²) in [6, 6.07) is -1.91. The highest BCUT2D eigenvalue weighted by atomic mass is 16.5. The van der Waals surface area contributed by atoms with Gasteiger partial charge in [0.15, 0.2) is 0 Å². The van der Waals surface area contributed by atoms with Gasteiger partial charge in [0.2, 0.25) is 0 Å². The maximum absolute atomic E-state index is 10.3. The number of nitrogens with two attached hydrogens (primary N) is 3. The molecule has 0 saturated heterocycles. The number of carbonyl (C=O) groups is 3. The van der Waals surface area contributed by atoms with Crippen molar-refractivity contribution in [1.29, 1.82) is 0 Å². The first-order valence-corrected chi connectivity index (χ1v) is 4.54. The van der Waals surface area contributed by atoms with E-state index in [9.17, 15) is 14.4 Å². The molecule has 0 fully saturated rings. The third-order valence-electron chi connectivity index (χ3n) is 1.30. The van der Waals surface area contributed by atoms with Crippen molar-refractivity contribution >= 4 is 17.9 Å². The summed E-state index contributed by atoms with van der Waals surface area (Å²) in [5, 5.41) is 16.1. The summed E-state index contributed by atoms with van der Waals surface area (Å²) in [5.74, 6) is -2.84. The topological polar surface area (TPSA) is 179 Å². The van der Waals surface area contributed by atoms with Crippen molar-refractivity contribution in [1.82, 2.24) is 0 Å². The summed E-state index contributed by atoms with van der Waals surface area (Å²) in [6.07, 6.45) is 0. The van der Waals surface area contributed by atoms with Gasteiger partial charge in [-0.15, -0.1) is 0 Å². The van der Waals surface area contributed by atoms with Gasteiger partial charge in [-0.2, -0.15) is 0 Å². The SMILES string of the molecule is C[C@H](N)C(=O)O.NCC(=O)OC[C@H](N)C(=O)O. The summed E-state index contributed by atoms with van der Waals surface area (Å²) in [6.45, 7) is 0.806. The molecule has 17 heavy (non-hydrogen) atoms. The van der Waals surface area contributed by atoms with Crippen LogP contribution in [0.15, 0.2) is 0 Å². The van der Waals surface area contributed by atoms with Crippen molar-refractivity contribution < 1.29 is 29.3 Å². The van der Waals surface area contributed by atoms with Gasteiger partial charge in [0, 0.05) is 0 Å². The van der Waals surface area contributed by atoms with Crippen molar-refractivity contribution in [2.75, 3.05) is 13.2 Å². The first-order valence-electron chi connectivity index (χ1n) is 4.54. The lowest BCUT2D eigenvalue weighted by atomic mass is 10.3. The van der Waals surface area contributed by atoms with Crippen LogP contribution >= 0.6 is 0 Å². The zero-order valence-corrected chi connectivity index (χ0v) is 9.33. The summed E-state index contributed by atoms with van der Waals surface area (Å²) < 4.78 is 4.34. The second kappa shape index (κ2) is 9.51. The fourth-order valence-electron chi connectivity index (χ4n) is 0.313. The number of rotatable bonds is 5. The second-order valence-corrected chi connectivity index (χ2v) is 2.96. The monoisotopic (exact) mass is 251 g/mol.